The topological polar surface area (TPSA) is 30.5 Å². The minimum absolute atomic E-state index is 0.0118. The van der Waals surface area contributed by atoms with E-state index in [1.54, 1.807) is 7.11 Å². The molecule has 4 aromatic rings. The van der Waals surface area contributed by atoms with E-state index in [0.29, 0.717) is 6.61 Å². The van der Waals surface area contributed by atoms with E-state index in [1.165, 1.54) is 22.3 Å². The highest BCUT2D eigenvalue weighted by atomic mass is 16.5. The Balaban J connectivity index is 1.69. The molecule has 3 nitrogen and oxygen atoms in total. The van der Waals surface area contributed by atoms with Gasteiger partial charge in [0.2, 0.25) is 0 Å². The second-order valence-corrected chi connectivity index (χ2v) is 9.60. The van der Waals surface area contributed by atoms with Gasteiger partial charge in [0.05, 0.1) is 30.9 Å². The van der Waals surface area contributed by atoms with Crippen LogP contribution in [-0.4, -0.2) is 13.7 Å². The molecule has 1 aliphatic heterocycles. The number of anilines is 1. The van der Waals surface area contributed by atoms with Gasteiger partial charge in [0, 0.05) is 5.41 Å². The lowest BCUT2D eigenvalue weighted by Crippen LogP contribution is -2.48. The number of nitrogens with one attached hydrogen (secondary N) is 1. The highest BCUT2D eigenvalue weighted by molar-refractivity contribution is 5.75. The third kappa shape index (κ3) is 3.18. The maximum Gasteiger partial charge on any atom is 0.142 e. The minimum atomic E-state index is -0.312. The van der Waals surface area contributed by atoms with Crippen LogP contribution >= 0.6 is 0 Å². The molecule has 1 heterocycles. The van der Waals surface area contributed by atoms with E-state index in [0.717, 1.165) is 30.0 Å². The molecule has 2 aliphatic rings. The van der Waals surface area contributed by atoms with E-state index in [1.807, 2.05) is 6.92 Å². The fourth-order valence-electron chi connectivity index (χ4n) is 6.46. The predicted octanol–water partition coefficient (Wildman–Crippen LogP) is 7.38. The lowest BCUT2D eigenvalue weighted by atomic mass is 9.54. The van der Waals surface area contributed by atoms with Gasteiger partial charge in [-0.1, -0.05) is 84.9 Å². The summed E-state index contributed by atoms with van der Waals surface area (Å²) in [6.07, 6.45) is 2.28. The van der Waals surface area contributed by atoms with Crippen molar-refractivity contribution in [2.75, 3.05) is 19.0 Å². The second-order valence-electron chi connectivity index (χ2n) is 9.60. The number of rotatable bonds is 6. The summed E-state index contributed by atoms with van der Waals surface area (Å²) in [6.45, 7) is 2.67. The number of methoxy groups -OCH3 is 1. The third-order valence-electron chi connectivity index (χ3n) is 7.97. The lowest BCUT2D eigenvalue weighted by molar-refractivity contribution is 0.280. The first-order chi connectivity index (χ1) is 17.2. The molecule has 0 saturated heterocycles. The SMILES string of the molecule is CCOc1cccc2c1NC(c1ccc(OC)cc1)C1(CC1)C2(c1ccccc1)c1ccccc1. The molecule has 0 radical (unpaired) electrons. The molecule has 1 saturated carbocycles. The van der Waals surface area contributed by atoms with Crippen molar-refractivity contribution in [2.45, 2.75) is 31.2 Å². The zero-order chi connectivity index (χ0) is 23.9. The lowest BCUT2D eigenvalue weighted by Gasteiger charge is -2.52. The molecular formula is C32H31NO2. The Morgan fingerprint density at radius 3 is 1.94 bits per heavy atom. The first kappa shape index (κ1) is 21.8. The maximum atomic E-state index is 6.20. The van der Waals surface area contributed by atoms with Gasteiger partial charge in [0.25, 0.3) is 0 Å². The average Bonchev–Trinajstić information content (AvgIpc) is 3.71. The molecule has 1 unspecified atom stereocenters. The van der Waals surface area contributed by atoms with Crippen LogP contribution in [0.15, 0.2) is 103 Å². The number of benzene rings is 4. The number of ether oxygens (including phenoxy) is 2. The number of para-hydroxylation sites is 1. The van der Waals surface area contributed by atoms with Crippen molar-refractivity contribution in [3.8, 4) is 11.5 Å². The van der Waals surface area contributed by atoms with Crippen LogP contribution < -0.4 is 14.8 Å². The zero-order valence-electron chi connectivity index (χ0n) is 20.3. The number of fused-ring (bicyclic) bond motifs is 1. The van der Waals surface area contributed by atoms with Gasteiger partial charge in [0.15, 0.2) is 0 Å². The van der Waals surface area contributed by atoms with Crippen molar-refractivity contribution in [2.24, 2.45) is 5.41 Å². The highest BCUT2D eigenvalue weighted by Gasteiger charge is 2.68. The van der Waals surface area contributed by atoms with E-state index in [2.05, 4.69) is 108 Å². The van der Waals surface area contributed by atoms with E-state index in [9.17, 15) is 0 Å². The van der Waals surface area contributed by atoms with E-state index < -0.39 is 0 Å². The average molecular weight is 462 g/mol. The second kappa shape index (κ2) is 8.49. The summed E-state index contributed by atoms with van der Waals surface area (Å²) in [4.78, 5) is 0. The van der Waals surface area contributed by atoms with E-state index in [4.69, 9.17) is 9.47 Å². The quantitative estimate of drug-likeness (QED) is 0.325. The third-order valence-corrected chi connectivity index (χ3v) is 7.97. The molecule has 35 heavy (non-hydrogen) atoms. The molecule has 3 heteroatoms. The van der Waals surface area contributed by atoms with Crippen LogP contribution in [0, 0.1) is 5.41 Å². The van der Waals surface area contributed by atoms with Gasteiger partial charge in [-0.2, -0.15) is 0 Å². The number of hydrogen-bond acceptors (Lipinski definition) is 3. The Kier molecular flexibility index (Phi) is 5.29. The molecule has 0 aromatic heterocycles. The molecule has 176 valence electrons. The summed E-state index contributed by atoms with van der Waals surface area (Å²) in [5.74, 6) is 1.79. The van der Waals surface area contributed by atoms with Crippen molar-refractivity contribution < 1.29 is 9.47 Å². The van der Waals surface area contributed by atoms with Gasteiger partial charge >= 0.3 is 0 Å². The fourth-order valence-corrected chi connectivity index (χ4v) is 6.46. The summed E-state index contributed by atoms with van der Waals surface area (Å²) >= 11 is 0. The van der Waals surface area contributed by atoms with Crippen LogP contribution in [-0.2, 0) is 5.41 Å². The van der Waals surface area contributed by atoms with Crippen LogP contribution in [0.4, 0.5) is 5.69 Å². The summed E-state index contributed by atoms with van der Waals surface area (Å²) in [5, 5.41) is 3.99. The van der Waals surface area contributed by atoms with Crippen molar-refractivity contribution in [1.82, 2.24) is 0 Å². The summed E-state index contributed by atoms with van der Waals surface area (Å²) < 4.78 is 11.7. The standard InChI is InChI=1S/C32H31NO2/c1-3-35-28-16-10-15-27-29(28)33-30(23-17-19-26(34-2)20-18-23)31(21-22-31)32(27,24-11-6-4-7-12-24)25-13-8-5-9-14-25/h4-20,30,33H,3,21-22H2,1-2H3. The Hall–Kier alpha value is -3.72. The van der Waals surface area contributed by atoms with Gasteiger partial charge in [-0.05, 0) is 60.2 Å². The highest BCUT2D eigenvalue weighted by Crippen LogP contribution is 2.74. The largest absolute Gasteiger partial charge is 0.497 e. The summed E-state index contributed by atoms with van der Waals surface area (Å²) in [7, 11) is 1.72. The molecule has 0 amide bonds. The first-order valence-electron chi connectivity index (χ1n) is 12.5. The zero-order valence-corrected chi connectivity index (χ0v) is 20.3. The molecular weight excluding hydrogens is 430 g/mol. The Morgan fingerprint density at radius 2 is 1.40 bits per heavy atom. The van der Waals surface area contributed by atoms with E-state index in [-0.39, 0.29) is 16.9 Å². The normalized spacial score (nSPS) is 18.9. The summed E-state index contributed by atoms with van der Waals surface area (Å²) in [5.41, 5.74) is 6.01. The van der Waals surface area contributed by atoms with Gasteiger partial charge in [-0.3, -0.25) is 0 Å². The van der Waals surface area contributed by atoms with Crippen molar-refractivity contribution in [1.29, 1.82) is 0 Å². The van der Waals surface area contributed by atoms with Gasteiger partial charge in [-0.25, -0.2) is 0 Å². The fraction of sp³-hybridized carbons (Fsp3) is 0.250. The van der Waals surface area contributed by atoms with Crippen LogP contribution in [0.25, 0.3) is 0 Å². The van der Waals surface area contributed by atoms with Crippen LogP contribution in [0.2, 0.25) is 0 Å². The first-order valence-corrected chi connectivity index (χ1v) is 12.5. The smallest absolute Gasteiger partial charge is 0.142 e. The Labute approximate surface area is 207 Å². The van der Waals surface area contributed by atoms with Crippen LogP contribution in [0.1, 0.15) is 48.1 Å². The molecule has 1 N–H and O–H groups in total. The molecule has 1 aliphatic carbocycles. The molecule has 6 rings (SSSR count). The Morgan fingerprint density at radius 1 is 0.771 bits per heavy atom. The predicted molar refractivity (Wildman–Crippen MR) is 141 cm³/mol. The molecule has 1 fully saturated rings. The van der Waals surface area contributed by atoms with Crippen LogP contribution in [0.5, 0.6) is 11.5 Å². The van der Waals surface area contributed by atoms with Crippen molar-refractivity contribution in [3.63, 3.8) is 0 Å². The maximum absolute atomic E-state index is 6.20. The molecule has 1 spiro atoms. The number of hydrogen-bond donors (Lipinski definition) is 1. The van der Waals surface area contributed by atoms with Gasteiger partial charge in [0.1, 0.15) is 11.5 Å². The summed E-state index contributed by atoms with van der Waals surface area (Å²) in [6, 6.07) is 37.4. The van der Waals surface area contributed by atoms with Crippen molar-refractivity contribution >= 4 is 5.69 Å². The molecule has 1 atom stereocenters. The van der Waals surface area contributed by atoms with Gasteiger partial charge < -0.3 is 14.8 Å². The van der Waals surface area contributed by atoms with Crippen LogP contribution in [0.3, 0.4) is 0 Å². The van der Waals surface area contributed by atoms with Gasteiger partial charge in [-0.15, -0.1) is 0 Å². The Bertz CT molecular complexity index is 1270. The monoisotopic (exact) mass is 461 g/mol. The van der Waals surface area contributed by atoms with Crippen molar-refractivity contribution in [3.05, 3.63) is 125 Å². The van der Waals surface area contributed by atoms with E-state index >= 15 is 0 Å². The molecule has 0 bridgehead atoms. The molecule has 4 aromatic carbocycles. The minimum Gasteiger partial charge on any atom is -0.497 e.